The van der Waals surface area contributed by atoms with Crippen LogP contribution in [0.2, 0.25) is 0 Å². The second kappa shape index (κ2) is 4.81. The molecular formula is C24H14S. The third kappa shape index (κ3) is 1.71. The van der Waals surface area contributed by atoms with Gasteiger partial charge in [-0.05, 0) is 44.5 Å². The Hall–Kier alpha value is -2.90. The summed E-state index contributed by atoms with van der Waals surface area (Å²) in [4.78, 5) is 0. The zero-order valence-electron chi connectivity index (χ0n) is 13.5. The lowest BCUT2D eigenvalue weighted by molar-refractivity contribution is 1.80. The Morgan fingerprint density at radius 2 is 0.880 bits per heavy atom. The molecule has 0 saturated heterocycles. The second-order valence-corrected chi connectivity index (χ2v) is 7.63. The number of benzene rings is 5. The maximum atomic E-state index is 2.31. The normalized spacial score (nSPS) is 12.0. The molecule has 0 amide bonds. The van der Waals surface area contributed by atoms with Gasteiger partial charge in [0.1, 0.15) is 0 Å². The van der Waals surface area contributed by atoms with Gasteiger partial charge in [-0.25, -0.2) is 0 Å². The molecule has 0 aliphatic carbocycles. The zero-order valence-corrected chi connectivity index (χ0v) is 14.3. The third-order valence-electron chi connectivity index (χ3n) is 5.25. The fourth-order valence-electron chi connectivity index (χ4n) is 4.21. The summed E-state index contributed by atoms with van der Waals surface area (Å²) in [6.45, 7) is 0. The Labute approximate surface area is 148 Å². The predicted molar refractivity (Wildman–Crippen MR) is 112 cm³/mol. The molecule has 0 N–H and O–H groups in total. The van der Waals surface area contributed by atoms with Crippen molar-refractivity contribution in [3.05, 3.63) is 84.9 Å². The van der Waals surface area contributed by atoms with Gasteiger partial charge in [-0.3, -0.25) is 0 Å². The summed E-state index contributed by atoms with van der Waals surface area (Å²) in [5.74, 6) is 0. The van der Waals surface area contributed by atoms with Gasteiger partial charge in [-0.15, -0.1) is 11.3 Å². The Morgan fingerprint density at radius 3 is 1.60 bits per heavy atom. The van der Waals surface area contributed by atoms with Crippen LogP contribution in [0, 0.1) is 0 Å². The second-order valence-electron chi connectivity index (χ2n) is 6.55. The summed E-state index contributed by atoms with van der Waals surface area (Å²) in [6, 6.07) is 31.0. The first kappa shape index (κ1) is 13.4. The minimum Gasteiger partial charge on any atom is -0.135 e. The minimum atomic E-state index is 1.34. The van der Waals surface area contributed by atoms with Gasteiger partial charge in [0.05, 0.1) is 0 Å². The van der Waals surface area contributed by atoms with Gasteiger partial charge in [0.25, 0.3) is 0 Å². The summed E-state index contributed by atoms with van der Waals surface area (Å²) in [7, 11) is 0. The number of fused-ring (bicyclic) bond motifs is 10. The first-order valence-electron chi connectivity index (χ1n) is 8.55. The molecular weight excluding hydrogens is 320 g/mol. The van der Waals surface area contributed by atoms with Crippen molar-refractivity contribution in [2.45, 2.75) is 0 Å². The van der Waals surface area contributed by atoms with E-state index in [1.807, 2.05) is 11.3 Å². The van der Waals surface area contributed by atoms with Gasteiger partial charge in [0, 0.05) is 20.2 Å². The smallest absolute Gasteiger partial charge is 0.0362 e. The number of hydrogen-bond donors (Lipinski definition) is 0. The van der Waals surface area contributed by atoms with E-state index in [1.54, 1.807) is 0 Å². The Morgan fingerprint density at radius 1 is 0.360 bits per heavy atom. The SMILES string of the molecule is c1ccc2c(c1)sc1ccc3c4ccccc4c4ccccc4c3c12. The quantitative estimate of drug-likeness (QED) is 0.252. The monoisotopic (exact) mass is 334 g/mol. The molecule has 1 heterocycles. The van der Waals surface area contributed by atoms with Crippen LogP contribution in [0.3, 0.4) is 0 Å². The van der Waals surface area contributed by atoms with Crippen LogP contribution in [0.25, 0.3) is 52.5 Å². The summed E-state index contributed by atoms with van der Waals surface area (Å²) in [5, 5.41) is 10.9. The largest absolute Gasteiger partial charge is 0.135 e. The number of thiophene rings is 1. The average Bonchev–Trinajstić information content (AvgIpc) is 3.06. The van der Waals surface area contributed by atoms with E-state index >= 15 is 0 Å². The molecule has 0 radical (unpaired) electrons. The van der Waals surface area contributed by atoms with Crippen molar-refractivity contribution in [1.29, 1.82) is 0 Å². The summed E-state index contributed by atoms with van der Waals surface area (Å²) < 4.78 is 2.73. The molecule has 25 heavy (non-hydrogen) atoms. The molecule has 0 saturated carbocycles. The maximum absolute atomic E-state index is 2.31. The van der Waals surface area contributed by atoms with E-state index in [9.17, 15) is 0 Å². The molecule has 1 heteroatoms. The average molecular weight is 334 g/mol. The van der Waals surface area contributed by atoms with Crippen LogP contribution < -0.4 is 0 Å². The molecule has 0 unspecified atom stereocenters. The molecule has 0 fully saturated rings. The highest BCUT2D eigenvalue weighted by Gasteiger charge is 2.14. The Bertz CT molecular complexity index is 1400. The Balaban J connectivity index is 2.06. The third-order valence-corrected chi connectivity index (χ3v) is 6.38. The molecule has 116 valence electrons. The summed E-state index contributed by atoms with van der Waals surface area (Å²) in [5.41, 5.74) is 0. The maximum Gasteiger partial charge on any atom is 0.0362 e. The van der Waals surface area contributed by atoms with Crippen LogP contribution in [-0.4, -0.2) is 0 Å². The van der Waals surface area contributed by atoms with Crippen molar-refractivity contribution < 1.29 is 0 Å². The van der Waals surface area contributed by atoms with Gasteiger partial charge in [0.15, 0.2) is 0 Å². The van der Waals surface area contributed by atoms with Gasteiger partial charge in [-0.1, -0.05) is 72.8 Å². The fourth-order valence-corrected chi connectivity index (χ4v) is 5.32. The highest BCUT2D eigenvalue weighted by atomic mass is 32.1. The Kier molecular flexibility index (Phi) is 2.58. The zero-order chi connectivity index (χ0) is 16.4. The van der Waals surface area contributed by atoms with Crippen molar-refractivity contribution in [2.75, 3.05) is 0 Å². The van der Waals surface area contributed by atoms with E-state index in [-0.39, 0.29) is 0 Å². The molecule has 0 nitrogen and oxygen atoms in total. The predicted octanol–water partition coefficient (Wildman–Crippen LogP) is 7.51. The first-order chi connectivity index (χ1) is 12.4. The van der Waals surface area contributed by atoms with E-state index in [2.05, 4.69) is 84.9 Å². The van der Waals surface area contributed by atoms with E-state index in [1.165, 1.54) is 52.5 Å². The molecule has 0 spiro atoms. The summed E-state index contributed by atoms with van der Waals surface area (Å²) in [6.07, 6.45) is 0. The molecule has 0 bridgehead atoms. The summed E-state index contributed by atoms with van der Waals surface area (Å²) >= 11 is 1.89. The van der Waals surface area contributed by atoms with Crippen molar-refractivity contribution in [3.8, 4) is 0 Å². The van der Waals surface area contributed by atoms with Gasteiger partial charge >= 0.3 is 0 Å². The van der Waals surface area contributed by atoms with Crippen molar-refractivity contribution >= 4 is 63.8 Å². The first-order valence-corrected chi connectivity index (χ1v) is 9.37. The van der Waals surface area contributed by atoms with E-state index in [0.29, 0.717) is 0 Å². The molecule has 0 atom stereocenters. The van der Waals surface area contributed by atoms with Crippen LogP contribution in [0.4, 0.5) is 0 Å². The molecule has 0 aliphatic rings. The standard InChI is InChI=1S/C24H14S/c1-2-9-17-15(7-1)16-8-3-4-10-18(16)23-19(17)13-14-22-24(23)20-11-5-6-12-21(20)25-22/h1-14H. The highest BCUT2D eigenvalue weighted by Crippen LogP contribution is 2.43. The van der Waals surface area contributed by atoms with E-state index in [4.69, 9.17) is 0 Å². The van der Waals surface area contributed by atoms with Gasteiger partial charge < -0.3 is 0 Å². The minimum absolute atomic E-state index is 1.34. The molecule has 6 rings (SSSR count). The molecule has 6 aromatic rings. The fraction of sp³-hybridized carbons (Fsp3) is 0. The highest BCUT2D eigenvalue weighted by molar-refractivity contribution is 7.26. The van der Waals surface area contributed by atoms with Crippen LogP contribution in [0.15, 0.2) is 84.9 Å². The van der Waals surface area contributed by atoms with Crippen LogP contribution in [-0.2, 0) is 0 Å². The molecule has 1 aromatic heterocycles. The molecule has 0 aliphatic heterocycles. The number of rotatable bonds is 0. The van der Waals surface area contributed by atoms with Gasteiger partial charge in [-0.2, -0.15) is 0 Å². The lowest BCUT2D eigenvalue weighted by Gasteiger charge is -2.11. The lowest BCUT2D eigenvalue weighted by Crippen LogP contribution is -1.83. The van der Waals surface area contributed by atoms with E-state index in [0.717, 1.165) is 0 Å². The van der Waals surface area contributed by atoms with Crippen LogP contribution in [0.5, 0.6) is 0 Å². The van der Waals surface area contributed by atoms with Crippen molar-refractivity contribution in [1.82, 2.24) is 0 Å². The topological polar surface area (TPSA) is 0 Å². The van der Waals surface area contributed by atoms with Crippen LogP contribution >= 0.6 is 11.3 Å². The molecule has 5 aromatic carbocycles. The van der Waals surface area contributed by atoms with Crippen molar-refractivity contribution in [2.24, 2.45) is 0 Å². The van der Waals surface area contributed by atoms with Crippen LogP contribution in [0.1, 0.15) is 0 Å². The lowest BCUT2D eigenvalue weighted by atomic mass is 9.92. The van der Waals surface area contributed by atoms with Gasteiger partial charge in [0.2, 0.25) is 0 Å². The number of hydrogen-bond acceptors (Lipinski definition) is 1. The van der Waals surface area contributed by atoms with Crippen molar-refractivity contribution in [3.63, 3.8) is 0 Å². The van der Waals surface area contributed by atoms with E-state index < -0.39 is 0 Å².